The Morgan fingerprint density at radius 3 is 2.00 bits per heavy atom. The molecule has 1 aromatic rings. The Kier molecular flexibility index (Phi) is 3.90. The fourth-order valence-electron chi connectivity index (χ4n) is 2.52. The molecule has 0 amide bonds. The zero-order valence-corrected chi connectivity index (χ0v) is 12.1. The summed E-state index contributed by atoms with van der Waals surface area (Å²) in [4.78, 5) is 0. The number of methoxy groups -OCH3 is 2. The van der Waals surface area contributed by atoms with E-state index in [2.05, 4.69) is 13.8 Å². The van der Waals surface area contributed by atoms with Crippen molar-refractivity contribution in [2.45, 2.75) is 38.8 Å². The van der Waals surface area contributed by atoms with Crippen molar-refractivity contribution in [2.24, 2.45) is 11.1 Å². The summed E-state index contributed by atoms with van der Waals surface area (Å²) in [5.74, 6) is 2.19. The van der Waals surface area contributed by atoms with Crippen molar-refractivity contribution in [3.05, 3.63) is 18.2 Å². The number of hydrogen-bond acceptors (Lipinski definition) is 4. The van der Waals surface area contributed by atoms with Crippen molar-refractivity contribution >= 4 is 0 Å². The van der Waals surface area contributed by atoms with Crippen LogP contribution in [0.3, 0.4) is 0 Å². The third-order valence-electron chi connectivity index (χ3n) is 3.99. The molecule has 2 rings (SSSR count). The van der Waals surface area contributed by atoms with Crippen LogP contribution in [0.1, 0.15) is 26.7 Å². The standard InChI is InChI=1S/C15H23NO3/c1-15(2)6-5-13(14(15)16)19-12-8-10(17-3)7-11(9-12)18-4/h7-9,13-14H,5-6,16H2,1-4H3. The second-order valence-electron chi connectivity index (χ2n) is 5.76. The Morgan fingerprint density at radius 1 is 1.05 bits per heavy atom. The first-order valence-corrected chi connectivity index (χ1v) is 6.61. The van der Waals surface area contributed by atoms with Crippen molar-refractivity contribution in [2.75, 3.05) is 14.2 Å². The van der Waals surface area contributed by atoms with Crippen LogP contribution < -0.4 is 19.9 Å². The van der Waals surface area contributed by atoms with Gasteiger partial charge in [-0.05, 0) is 18.3 Å². The van der Waals surface area contributed by atoms with Gasteiger partial charge in [0.2, 0.25) is 0 Å². The molecule has 0 spiro atoms. The molecule has 1 saturated carbocycles. The molecule has 0 saturated heterocycles. The molecular weight excluding hydrogens is 242 g/mol. The highest BCUT2D eigenvalue weighted by Gasteiger charge is 2.40. The van der Waals surface area contributed by atoms with Crippen LogP contribution in [0.25, 0.3) is 0 Å². The van der Waals surface area contributed by atoms with E-state index in [9.17, 15) is 0 Å². The molecule has 4 heteroatoms. The Hall–Kier alpha value is -1.42. The predicted molar refractivity (Wildman–Crippen MR) is 75.0 cm³/mol. The van der Waals surface area contributed by atoms with Gasteiger partial charge in [0.05, 0.1) is 14.2 Å². The quantitative estimate of drug-likeness (QED) is 0.909. The van der Waals surface area contributed by atoms with Crippen molar-refractivity contribution in [3.63, 3.8) is 0 Å². The maximum atomic E-state index is 6.26. The largest absolute Gasteiger partial charge is 0.496 e. The molecule has 2 atom stereocenters. The zero-order valence-electron chi connectivity index (χ0n) is 12.1. The van der Waals surface area contributed by atoms with E-state index < -0.39 is 0 Å². The fraction of sp³-hybridized carbons (Fsp3) is 0.600. The molecule has 0 radical (unpaired) electrons. The molecule has 1 aliphatic carbocycles. The lowest BCUT2D eigenvalue weighted by atomic mass is 9.88. The molecule has 106 valence electrons. The second kappa shape index (κ2) is 5.29. The Morgan fingerprint density at radius 2 is 1.58 bits per heavy atom. The zero-order chi connectivity index (χ0) is 14.0. The number of rotatable bonds is 4. The van der Waals surface area contributed by atoms with E-state index in [0.29, 0.717) is 0 Å². The normalized spacial score (nSPS) is 25.1. The van der Waals surface area contributed by atoms with Gasteiger partial charge in [-0.25, -0.2) is 0 Å². The van der Waals surface area contributed by atoms with Crippen LogP contribution in [0.4, 0.5) is 0 Å². The van der Waals surface area contributed by atoms with Crippen LogP contribution in [-0.4, -0.2) is 26.4 Å². The number of nitrogens with two attached hydrogens (primary N) is 1. The van der Waals surface area contributed by atoms with Gasteiger partial charge < -0.3 is 19.9 Å². The van der Waals surface area contributed by atoms with Crippen molar-refractivity contribution in [1.82, 2.24) is 0 Å². The van der Waals surface area contributed by atoms with Crippen LogP contribution in [0.5, 0.6) is 17.2 Å². The topological polar surface area (TPSA) is 53.7 Å². The van der Waals surface area contributed by atoms with E-state index in [-0.39, 0.29) is 17.6 Å². The summed E-state index contributed by atoms with van der Waals surface area (Å²) in [6.45, 7) is 4.38. The number of hydrogen-bond donors (Lipinski definition) is 1. The van der Waals surface area contributed by atoms with Crippen LogP contribution in [0, 0.1) is 5.41 Å². The smallest absolute Gasteiger partial charge is 0.127 e. The molecule has 2 N–H and O–H groups in total. The van der Waals surface area contributed by atoms with E-state index >= 15 is 0 Å². The minimum atomic E-state index is 0.0460. The molecule has 0 heterocycles. The Bertz CT molecular complexity index is 423. The molecule has 2 unspecified atom stereocenters. The van der Waals surface area contributed by atoms with Crippen LogP contribution >= 0.6 is 0 Å². The molecule has 1 fully saturated rings. The van der Waals surface area contributed by atoms with Gasteiger partial charge in [-0.15, -0.1) is 0 Å². The molecule has 1 aromatic carbocycles. The monoisotopic (exact) mass is 265 g/mol. The van der Waals surface area contributed by atoms with Gasteiger partial charge >= 0.3 is 0 Å². The summed E-state index contributed by atoms with van der Waals surface area (Å²) in [6, 6.07) is 5.59. The second-order valence-corrected chi connectivity index (χ2v) is 5.76. The van der Waals surface area contributed by atoms with Crippen LogP contribution in [-0.2, 0) is 0 Å². The predicted octanol–water partition coefficient (Wildman–Crippen LogP) is 2.60. The van der Waals surface area contributed by atoms with E-state index in [1.165, 1.54) is 0 Å². The highest BCUT2D eigenvalue weighted by molar-refractivity contribution is 5.42. The summed E-state index contributed by atoms with van der Waals surface area (Å²) in [5, 5.41) is 0. The molecule has 19 heavy (non-hydrogen) atoms. The average Bonchev–Trinajstić information content (AvgIpc) is 2.65. The van der Waals surface area contributed by atoms with Crippen LogP contribution in [0.15, 0.2) is 18.2 Å². The van der Waals surface area contributed by atoms with Gasteiger partial charge in [-0.3, -0.25) is 0 Å². The Labute approximate surface area is 114 Å². The maximum absolute atomic E-state index is 6.26. The minimum Gasteiger partial charge on any atom is -0.496 e. The van der Waals surface area contributed by atoms with E-state index in [4.69, 9.17) is 19.9 Å². The van der Waals surface area contributed by atoms with Crippen LogP contribution in [0.2, 0.25) is 0 Å². The molecule has 4 nitrogen and oxygen atoms in total. The van der Waals surface area contributed by atoms with Crippen molar-refractivity contribution in [3.8, 4) is 17.2 Å². The third-order valence-corrected chi connectivity index (χ3v) is 3.99. The highest BCUT2D eigenvalue weighted by Crippen LogP contribution is 2.39. The lowest BCUT2D eigenvalue weighted by molar-refractivity contribution is 0.164. The van der Waals surface area contributed by atoms with E-state index in [1.807, 2.05) is 18.2 Å². The fourth-order valence-corrected chi connectivity index (χ4v) is 2.52. The number of benzene rings is 1. The molecule has 0 aromatic heterocycles. The summed E-state index contributed by atoms with van der Waals surface area (Å²) < 4.78 is 16.5. The highest BCUT2D eigenvalue weighted by atomic mass is 16.5. The first-order valence-electron chi connectivity index (χ1n) is 6.61. The lowest BCUT2D eigenvalue weighted by Crippen LogP contribution is -2.42. The molecule has 1 aliphatic rings. The van der Waals surface area contributed by atoms with E-state index in [0.717, 1.165) is 30.1 Å². The number of ether oxygens (including phenoxy) is 3. The SMILES string of the molecule is COc1cc(OC)cc(OC2CCC(C)(C)C2N)c1. The summed E-state index contributed by atoms with van der Waals surface area (Å²) in [5.41, 5.74) is 6.39. The van der Waals surface area contributed by atoms with Gasteiger partial charge in [-0.1, -0.05) is 13.8 Å². The van der Waals surface area contributed by atoms with Crippen molar-refractivity contribution < 1.29 is 14.2 Å². The van der Waals surface area contributed by atoms with Gasteiger partial charge in [0, 0.05) is 24.2 Å². The Balaban J connectivity index is 2.15. The molecule has 0 aliphatic heterocycles. The van der Waals surface area contributed by atoms with Crippen molar-refractivity contribution in [1.29, 1.82) is 0 Å². The van der Waals surface area contributed by atoms with Gasteiger partial charge in [-0.2, -0.15) is 0 Å². The average molecular weight is 265 g/mol. The maximum Gasteiger partial charge on any atom is 0.127 e. The lowest BCUT2D eigenvalue weighted by Gasteiger charge is -2.27. The summed E-state index contributed by atoms with van der Waals surface area (Å²) in [6.07, 6.45) is 2.11. The van der Waals surface area contributed by atoms with E-state index in [1.54, 1.807) is 14.2 Å². The third kappa shape index (κ3) is 2.95. The first kappa shape index (κ1) is 14.0. The first-order chi connectivity index (χ1) is 8.96. The van der Waals surface area contributed by atoms with Gasteiger partial charge in [0.25, 0.3) is 0 Å². The molecule has 0 bridgehead atoms. The van der Waals surface area contributed by atoms with Gasteiger partial charge in [0.1, 0.15) is 23.4 Å². The van der Waals surface area contributed by atoms with Gasteiger partial charge in [0.15, 0.2) is 0 Å². The minimum absolute atomic E-state index is 0.0460. The summed E-state index contributed by atoms with van der Waals surface area (Å²) in [7, 11) is 3.26. The molecular formula is C15H23NO3. The summed E-state index contributed by atoms with van der Waals surface area (Å²) >= 11 is 0.